The Morgan fingerprint density at radius 2 is 2.38 bits per heavy atom. The minimum absolute atomic E-state index is 0.273. The summed E-state index contributed by atoms with van der Waals surface area (Å²) in [6, 6.07) is 0.126. The maximum atomic E-state index is 10.1. The molecule has 46 valence electrons. The third kappa shape index (κ3) is 0.816. The molecular formula is C5H9NO2. The molecule has 3 heteroatoms. The van der Waals surface area contributed by atoms with Crippen LogP contribution in [-0.4, -0.2) is 23.2 Å². The zero-order valence-electron chi connectivity index (χ0n) is 4.72. The lowest BCUT2D eigenvalue weighted by Crippen LogP contribution is -2.54. The van der Waals surface area contributed by atoms with E-state index in [1.165, 1.54) is 0 Å². The molecule has 1 saturated heterocycles. The standard InChI is InChI=1S/C5H9NO2/c1-3-2-4(6-3)5(7)8/h3-4,6H,2H2,1H3,(H,7,8)/t3?,4-/m1/s1. The number of carboxylic acid groups (broad SMARTS) is 1. The maximum Gasteiger partial charge on any atom is 0.320 e. The molecule has 0 saturated carbocycles. The topological polar surface area (TPSA) is 49.3 Å². The Kier molecular flexibility index (Phi) is 1.21. The van der Waals surface area contributed by atoms with Crippen LogP contribution in [-0.2, 0) is 4.79 Å². The van der Waals surface area contributed by atoms with Crippen LogP contribution in [0.3, 0.4) is 0 Å². The van der Waals surface area contributed by atoms with Gasteiger partial charge in [-0.15, -0.1) is 0 Å². The first-order valence-corrected chi connectivity index (χ1v) is 2.69. The van der Waals surface area contributed by atoms with Crippen LogP contribution in [0.5, 0.6) is 0 Å². The first kappa shape index (κ1) is 5.56. The highest BCUT2D eigenvalue weighted by Crippen LogP contribution is 2.09. The highest BCUT2D eigenvalue weighted by atomic mass is 16.4. The van der Waals surface area contributed by atoms with Crippen LogP contribution in [0.4, 0.5) is 0 Å². The fourth-order valence-corrected chi connectivity index (χ4v) is 0.845. The molecule has 0 bridgehead atoms. The van der Waals surface area contributed by atoms with Gasteiger partial charge in [0, 0.05) is 6.04 Å². The van der Waals surface area contributed by atoms with Gasteiger partial charge in [-0.2, -0.15) is 0 Å². The molecular weight excluding hydrogens is 106 g/mol. The Bertz CT molecular complexity index is 107. The molecule has 0 aromatic rings. The molecule has 1 aliphatic heterocycles. The molecule has 0 aromatic carbocycles. The highest BCUT2D eigenvalue weighted by molar-refractivity contribution is 5.74. The zero-order valence-corrected chi connectivity index (χ0v) is 4.72. The fourth-order valence-electron chi connectivity index (χ4n) is 0.845. The molecule has 1 rings (SSSR count). The molecule has 1 unspecified atom stereocenters. The summed E-state index contributed by atoms with van der Waals surface area (Å²) < 4.78 is 0. The second-order valence-electron chi connectivity index (χ2n) is 2.19. The highest BCUT2D eigenvalue weighted by Gasteiger charge is 2.29. The Balaban J connectivity index is 2.25. The monoisotopic (exact) mass is 115 g/mol. The van der Waals surface area contributed by atoms with Crippen LogP contribution in [0, 0.1) is 0 Å². The SMILES string of the molecule is CC1C[C@H](C(=O)O)N1. The van der Waals surface area contributed by atoms with E-state index in [0.717, 1.165) is 6.42 Å². The van der Waals surface area contributed by atoms with E-state index >= 15 is 0 Å². The number of hydrogen-bond donors (Lipinski definition) is 2. The molecule has 8 heavy (non-hydrogen) atoms. The Morgan fingerprint density at radius 3 is 2.50 bits per heavy atom. The largest absolute Gasteiger partial charge is 0.480 e. The average Bonchev–Trinajstić information content (AvgIpc) is 1.57. The quantitative estimate of drug-likeness (QED) is 0.498. The fraction of sp³-hybridized carbons (Fsp3) is 0.800. The van der Waals surface area contributed by atoms with Gasteiger partial charge in [0.2, 0.25) is 0 Å². The summed E-state index contributed by atoms with van der Waals surface area (Å²) in [5.41, 5.74) is 0. The van der Waals surface area contributed by atoms with Crippen molar-refractivity contribution in [2.24, 2.45) is 0 Å². The zero-order chi connectivity index (χ0) is 6.15. The molecule has 2 atom stereocenters. The van der Waals surface area contributed by atoms with E-state index < -0.39 is 5.97 Å². The van der Waals surface area contributed by atoms with E-state index in [4.69, 9.17) is 5.11 Å². The minimum Gasteiger partial charge on any atom is -0.480 e. The van der Waals surface area contributed by atoms with Crippen molar-refractivity contribution >= 4 is 5.97 Å². The summed E-state index contributed by atoms with van der Waals surface area (Å²) in [4.78, 5) is 10.1. The first-order chi connectivity index (χ1) is 3.70. The molecule has 1 heterocycles. The predicted molar refractivity (Wildman–Crippen MR) is 28.6 cm³/mol. The molecule has 0 aliphatic carbocycles. The summed E-state index contributed by atoms with van der Waals surface area (Å²) in [5, 5.41) is 11.1. The van der Waals surface area contributed by atoms with Gasteiger partial charge in [-0.1, -0.05) is 0 Å². The van der Waals surface area contributed by atoms with Crippen molar-refractivity contribution in [3.8, 4) is 0 Å². The van der Waals surface area contributed by atoms with Crippen LogP contribution >= 0.6 is 0 Å². The third-order valence-corrected chi connectivity index (χ3v) is 1.37. The van der Waals surface area contributed by atoms with Crippen molar-refractivity contribution in [3.05, 3.63) is 0 Å². The van der Waals surface area contributed by atoms with Crippen LogP contribution < -0.4 is 5.32 Å². The molecule has 0 aromatic heterocycles. The summed E-state index contributed by atoms with van der Waals surface area (Å²) in [6.07, 6.45) is 0.773. The number of nitrogens with one attached hydrogen (secondary N) is 1. The van der Waals surface area contributed by atoms with Gasteiger partial charge in [0.25, 0.3) is 0 Å². The van der Waals surface area contributed by atoms with Crippen molar-refractivity contribution in [2.75, 3.05) is 0 Å². The normalized spacial score (nSPS) is 36.1. The Labute approximate surface area is 47.7 Å². The van der Waals surface area contributed by atoms with E-state index in [1.807, 2.05) is 6.92 Å². The lowest BCUT2D eigenvalue weighted by atomic mass is 9.99. The second kappa shape index (κ2) is 1.74. The first-order valence-electron chi connectivity index (χ1n) is 2.69. The van der Waals surface area contributed by atoms with Crippen molar-refractivity contribution in [3.63, 3.8) is 0 Å². The van der Waals surface area contributed by atoms with Crippen LogP contribution in [0.2, 0.25) is 0 Å². The number of carbonyl (C=O) groups is 1. The van der Waals surface area contributed by atoms with Crippen molar-refractivity contribution in [1.29, 1.82) is 0 Å². The van der Waals surface area contributed by atoms with Gasteiger partial charge >= 0.3 is 5.97 Å². The number of hydrogen-bond acceptors (Lipinski definition) is 2. The summed E-state index contributed by atoms with van der Waals surface area (Å²) in [6.45, 7) is 1.97. The van der Waals surface area contributed by atoms with E-state index in [9.17, 15) is 4.79 Å². The summed E-state index contributed by atoms with van der Waals surface area (Å²) >= 11 is 0. The average molecular weight is 115 g/mol. The van der Waals surface area contributed by atoms with E-state index in [-0.39, 0.29) is 6.04 Å². The molecule has 0 spiro atoms. The molecule has 2 N–H and O–H groups in total. The smallest absolute Gasteiger partial charge is 0.320 e. The van der Waals surface area contributed by atoms with Gasteiger partial charge in [0.05, 0.1) is 0 Å². The van der Waals surface area contributed by atoms with Gasteiger partial charge in [0.1, 0.15) is 6.04 Å². The van der Waals surface area contributed by atoms with Crippen molar-refractivity contribution in [1.82, 2.24) is 5.32 Å². The number of rotatable bonds is 1. The van der Waals surface area contributed by atoms with Gasteiger partial charge in [-0.25, -0.2) is 0 Å². The second-order valence-corrected chi connectivity index (χ2v) is 2.19. The molecule has 0 radical (unpaired) electrons. The lowest BCUT2D eigenvalue weighted by Gasteiger charge is -2.30. The molecule has 1 fully saturated rings. The van der Waals surface area contributed by atoms with E-state index in [2.05, 4.69) is 5.32 Å². The number of carboxylic acids is 1. The van der Waals surface area contributed by atoms with Gasteiger partial charge in [-0.3, -0.25) is 4.79 Å². The van der Waals surface area contributed by atoms with E-state index in [0.29, 0.717) is 6.04 Å². The third-order valence-electron chi connectivity index (χ3n) is 1.37. The molecule has 0 amide bonds. The summed E-state index contributed by atoms with van der Waals surface area (Å²) in [7, 11) is 0. The van der Waals surface area contributed by atoms with Crippen LogP contribution in [0.25, 0.3) is 0 Å². The van der Waals surface area contributed by atoms with Crippen LogP contribution in [0.1, 0.15) is 13.3 Å². The van der Waals surface area contributed by atoms with Crippen molar-refractivity contribution in [2.45, 2.75) is 25.4 Å². The van der Waals surface area contributed by atoms with Gasteiger partial charge < -0.3 is 10.4 Å². The lowest BCUT2D eigenvalue weighted by molar-refractivity contribution is -0.142. The van der Waals surface area contributed by atoms with Gasteiger partial charge in [-0.05, 0) is 13.3 Å². The Morgan fingerprint density at radius 1 is 1.88 bits per heavy atom. The molecule has 1 aliphatic rings. The van der Waals surface area contributed by atoms with Crippen molar-refractivity contribution < 1.29 is 9.90 Å². The van der Waals surface area contributed by atoms with E-state index in [1.54, 1.807) is 0 Å². The number of aliphatic carboxylic acids is 1. The minimum atomic E-state index is -0.733. The van der Waals surface area contributed by atoms with Gasteiger partial charge in [0.15, 0.2) is 0 Å². The summed E-state index contributed by atoms with van der Waals surface area (Å²) in [5.74, 6) is -0.733. The molecule has 3 nitrogen and oxygen atoms in total. The maximum absolute atomic E-state index is 10.1. The van der Waals surface area contributed by atoms with Crippen LogP contribution in [0.15, 0.2) is 0 Å². The Hall–Kier alpha value is -0.570. The predicted octanol–water partition coefficient (Wildman–Crippen LogP) is -0.179.